The van der Waals surface area contributed by atoms with Crippen LogP contribution in [0.3, 0.4) is 0 Å². The Morgan fingerprint density at radius 3 is 1.91 bits per heavy atom. The van der Waals surface area contributed by atoms with Gasteiger partial charge < -0.3 is 9.64 Å². The van der Waals surface area contributed by atoms with Crippen molar-refractivity contribution >= 4 is 5.91 Å². The molecule has 166 valence electrons. The van der Waals surface area contributed by atoms with Gasteiger partial charge in [-0.2, -0.15) is 0 Å². The number of aryl methyl sites for hydroxylation is 1. The summed E-state index contributed by atoms with van der Waals surface area (Å²) in [4.78, 5) is 17.2. The van der Waals surface area contributed by atoms with E-state index in [4.69, 9.17) is 4.74 Å². The lowest BCUT2D eigenvalue weighted by Gasteiger charge is -2.35. The molecule has 1 saturated heterocycles. The van der Waals surface area contributed by atoms with Gasteiger partial charge in [-0.3, -0.25) is 9.69 Å². The molecule has 3 aromatic rings. The Kier molecular flexibility index (Phi) is 7.70. The van der Waals surface area contributed by atoms with Gasteiger partial charge in [-0.1, -0.05) is 79.7 Å². The standard InChI is InChI=1S/C28H32N2O2/c1-2-23-13-15-26(16-14-23)28(31)30-19-17-29(18-20-30)21-22-32-27(24-9-5-3-6-10-24)25-11-7-4-8-12-25/h3-16,27H,2,17-22H2,1H3. The van der Waals surface area contributed by atoms with E-state index in [2.05, 4.69) is 72.5 Å². The molecule has 3 aromatic carbocycles. The Hall–Kier alpha value is -2.95. The molecule has 1 amide bonds. The number of carbonyl (C=O) groups is 1. The quantitative estimate of drug-likeness (QED) is 0.516. The molecule has 1 aliphatic rings. The molecule has 4 heteroatoms. The van der Waals surface area contributed by atoms with Crippen LogP contribution in [-0.4, -0.2) is 55.0 Å². The highest BCUT2D eigenvalue weighted by Gasteiger charge is 2.22. The van der Waals surface area contributed by atoms with Gasteiger partial charge in [-0.15, -0.1) is 0 Å². The van der Waals surface area contributed by atoms with E-state index in [-0.39, 0.29) is 12.0 Å². The van der Waals surface area contributed by atoms with Gasteiger partial charge in [0.2, 0.25) is 0 Å². The summed E-state index contributed by atoms with van der Waals surface area (Å²) in [7, 11) is 0. The van der Waals surface area contributed by atoms with Crippen molar-refractivity contribution in [3.05, 3.63) is 107 Å². The zero-order chi connectivity index (χ0) is 22.2. The molecule has 0 bridgehead atoms. The van der Waals surface area contributed by atoms with Crippen molar-refractivity contribution in [1.82, 2.24) is 9.80 Å². The molecular weight excluding hydrogens is 396 g/mol. The number of hydrogen-bond donors (Lipinski definition) is 0. The minimum absolute atomic E-state index is 0.0636. The van der Waals surface area contributed by atoms with E-state index in [1.165, 1.54) is 16.7 Å². The Balaban J connectivity index is 1.28. The van der Waals surface area contributed by atoms with Crippen molar-refractivity contribution in [1.29, 1.82) is 0 Å². The normalized spacial score (nSPS) is 14.6. The van der Waals surface area contributed by atoms with Gasteiger partial charge in [0.05, 0.1) is 6.61 Å². The number of carbonyl (C=O) groups excluding carboxylic acids is 1. The molecule has 32 heavy (non-hydrogen) atoms. The fourth-order valence-electron chi connectivity index (χ4n) is 4.18. The minimum atomic E-state index is -0.0636. The molecule has 0 aliphatic carbocycles. The lowest BCUT2D eigenvalue weighted by molar-refractivity contribution is 0.0409. The largest absolute Gasteiger partial charge is 0.367 e. The number of nitrogens with zero attached hydrogens (tertiary/aromatic N) is 2. The first-order valence-electron chi connectivity index (χ1n) is 11.6. The van der Waals surface area contributed by atoms with Crippen molar-refractivity contribution in [2.75, 3.05) is 39.3 Å². The predicted molar refractivity (Wildman–Crippen MR) is 129 cm³/mol. The van der Waals surface area contributed by atoms with Crippen molar-refractivity contribution in [2.45, 2.75) is 19.4 Å². The molecule has 4 nitrogen and oxygen atoms in total. The van der Waals surface area contributed by atoms with E-state index in [0.29, 0.717) is 6.61 Å². The number of amides is 1. The Morgan fingerprint density at radius 2 is 1.38 bits per heavy atom. The molecule has 0 N–H and O–H groups in total. The molecule has 1 aliphatic heterocycles. The number of benzene rings is 3. The Bertz CT molecular complexity index is 926. The molecule has 0 atom stereocenters. The number of rotatable bonds is 8. The fraction of sp³-hybridized carbons (Fsp3) is 0.321. The third kappa shape index (κ3) is 5.64. The van der Waals surface area contributed by atoms with Crippen LogP contribution in [0.4, 0.5) is 0 Å². The van der Waals surface area contributed by atoms with Crippen molar-refractivity contribution < 1.29 is 9.53 Å². The van der Waals surface area contributed by atoms with Gasteiger partial charge in [-0.25, -0.2) is 0 Å². The summed E-state index contributed by atoms with van der Waals surface area (Å²) in [6.45, 7) is 6.92. The third-order valence-corrected chi connectivity index (χ3v) is 6.17. The average molecular weight is 429 g/mol. The second-order valence-electron chi connectivity index (χ2n) is 8.26. The fourth-order valence-corrected chi connectivity index (χ4v) is 4.18. The predicted octanol–water partition coefficient (Wildman–Crippen LogP) is 4.81. The number of ether oxygens (including phenoxy) is 1. The highest BCUT2D eigenvalue weighted by atomic mass is 16.5. The lowest BCUT2D eigenvalue weighted by atomic mass is 10.0. The van der Waals surface area contributed by atoms with Gasteiger partial charge in [0, 0.05) is 38.3 Å². The van der Waals surface area contributed by atoms with E-state index in [0.717, 1.165) is 44.7 Å². The van der Waals surface area contributed by atoms with Crippen LogP contribution < -0.4 is 0 Å². The topological polar surface area (TPSA) is 32.8 Å². The molecule has 1 fully saturated rings. The monoisotopic (exact) mass is 428 g/mol. The van der Waals surface area contributed by atoms with Crippen LogP contribution in [0.1, 0.15) is 40.1 Å². The van der Waals surface area contributed by atoms with Gasteiger partial charge in [-0.05, 0) is 35.2 Å². The zero-order valence-corrected chi connectivity index (χ0v) is 18.8. The summed E-state index contributed by atoms with van der Waals surface area (Å²) < 4.78 is 6.36. The van der Waals surface area contributed by atoms with Crippen LogP contribution in [0.2, 0.25) is 0 Å². The number of piperazine rings is 1. The third-order valence-electron chi connectivity index (χ3n) is 6.17. The van der Waals surface area contributed by atoms with Crippen LogP contribution in [0, 0.1) is 0 Å². The molecule has 0 spiro atoms. The van der Waals surface area contributed by atoms with Gasteiger partial charge >= 0.3 is 0 Å². The van der Waals surface area contributed by atoms with E-state index in [1.54, 1.807) is 0 Å². The lowest BCUT2D eigenvalue weighted by Crippen LogP contribution is -2.49. The molecule has 0 aromatic heterocycles. The van der Waals surface area contributed by atoms with E-state index in [1.807, 2.05) is 29.2 Å². The Morgan fingerprint density at radius 1 is 0.812 bits per heavy atom. The molecule has 1 heterocycles. The van der Waals surface area contributed by atoms with Crippen molar-refractivity contribution in [3.63, 3.8) is 0 Å². The molecular formula is C28H32N2O2. The first kappa shape index (κ1) is 22.3. The number of hydrogen-bond acceptors (Lipinski definition) is 3. The van der Waals surface area contributed by atoms with Gasteiger partial charge in [0.15, 0.2) is 0 Å². The molecule has 0 radical (unpaired) electrons. The molecule has 0 unspecified atom stereocenters. The summed E-state index contributed by atoms with van der Waals surface area (Å²) in [6.07, 6.45) is 0.927. The van der Waals surface area contributed by atoms with Crippen LogP contribution in [0.25, 0.3) is 0 Å². The smallest absolute Gasteiger partial charge is 0.253 e. The van der Waals surface area contributed by atoms with Crippen LogP contribution >= 0.6 is 0 Å². The first-order chi connectivity index (χ1) is 15.7. The van der Waals surface area contributed by atoms with Crippen molar-refractivity contribution in [3.8, 4) is 0 Å². The second kappa shape index (κ2) is 11.1. The van der Waals surface area contributed by atoms with E-state index in [9.17, 15) is 4.79 Å². The summed E-state index contributed by atoms with van der Waals surface area (Å²) >= 11 is 0. The Labute approximate surface area is 191 Å². The van der Waals surface area contributed by atoms with Crippen LogP contribution in [-0.2, 0) is 11.2 Å². The van der Waals surface area contributed by atoms with Crippen LogP contribution in [0.5, 0.6) is 0 Å². The maximum absolute atomic E-state index is 12.8. The average Bonchev–Trinajstić information content (AvgIpc) is 2.88. The molecule has 4 rings (SSSR count). The SMILES string of the molecule is CCc1ccc(C(=O)N2CCN(CCOC(c3ccccc3)c3ccccc3)CC2)cc1. The van der Waals surface area contributed by atoms with E-state index >= 15 is 0 Å². The first-order valence-corrected chi connectivity index (χ1v) is 11.6. The summed E-state index contributed by atoms with van der Waals surface area (Å²) in [6, 6.07) is 28.8. The summed E-state index contributed by atoms with van der Waals surface area (Å²) in [5.41, 5.74) is 4.38. The van der Waals surface area contributed by atoms with E-state index < -0.39 is 0 Å². The van der Waals surface area contributed by atoms with Crippen molar-refractivity contribution in [2.24, 2.45) is 0 Å². The van der Waals surface area contributed by atoms with Gasteiger partial charge in [0.1, 0.15) is 6.10 Å². The zero-order valence-electron chi connectivity index (χ0n) is 18.8. The summed E-state index contributed by atoms with van der Waals surface area (Å²) in [5, 5.41) is 0. The highest BCUT2D eigenvalue weighted by molar-refractivity contribution is 5.94. The van der Waals surface area contributed by atoms with Gasteiger partial charge in [0.25, 0.3) is 5.91 Å². The maximum atomic E-state index is 12.8. The van der Waals surface area contributed by atoms with Crippen LogP contribution in [0.15, 0.2) is 84.9 Å². The highest BCUT2D eigenvalue weighted by Crippen LogP contribution is 2.25. The summed E-state index contributed by atoms with van der Waals surface area (Å²) in [5.74, 6) is 0.136. The molecule has 0 saturated carbocycles. The minimum Gasteiger partial charge on any atom is -0.367 e. The second-order valence-corrected chi connectivity index (χ2v) is 8.26. The maximum Gasteiger partial charge on any atom is 0.253 e.